The Labute approximate surface area is 207 Å². The molecule has 3 rings (SSSR count). The van der Waals surface area contributed by atoms with E-state index in [-0.39, 0.29) is 16.7 Å². The summed E-state index contributed by atoms with van der Waals surface area (Å²) in [5.41, 5.74) is 3.30. The van der Waals surface area contributed by atoms with E-state index in [1.165, 1.54) is 11.8 Å². The summed E-state index contributed by atoms with van der Waals surface area (Å²) in [4.78, 5) is 35.0. The second-order valence-electron chi connectivity index (χ2n) is 7.88. The number of hydrogen-bond donors (Lipinski definition) is 1. The highest BCUT2D eigenvalue weighted by Crippen LogP contribution is 2.25. The molecule has 0 radical (unpaired) electrons. The molecule has 0 fully saturated rings. The largest absolute Gasteiger partial charge is 0.355 e. The number of amides is 1. The Hall–Kier alpha value is -2.45. The summed E-state index contributed by atoms with van der Waals surface area (Å²) < 4.78 is 2.57. The number of aryl methyl sites for hydroxylation is 1. The van der Waals surface area contributed by atoms with Gasteiger partial charge in [0.2, 0.25) is 5.91 Å². The molecule has 0 aliphatic heterocycles. The van der Waals surface area contributed by atoms with Gasteiger partial charge in [0.25, 0.3) is 5.56 Å². The van der Waals surface area contributed by atoms with Crippen LogP contribution < -0.4 is 10.9 Å². The lowest BCUT2D eigenvalue weighted by Gasteiger charge is -2.18. The number of nitrogens with zero attached hydrogens (tertiary/aromatic N) is 3. The Kier molecular flexibility index (Phi) is 9.26. The van der Waals surface area contributed by atoms with E-state index in [1.807, 2.05) is 56.3 Å². The molecule has 174 valence electrons. The van der Waals surface area contributed by atoms with Crippen LogP contribution in [0.4, 0.5) is 0 Å². The van der Waals surface area contributed by atoms with Crippen LogP contribution in [0, 0.1) is 6.92 Å². The van der Waals surface area contributed by atoms with Gasteiger partial charge in [-0.2, -0.15) is 0 Å². The number of nitrogens with one attached hydrogen (secondary N) is 1. The van der Waals surface area contributed by atoms with Crippen LogP contribution in [0.2, 0.25) is 0 Å². The van der Waals surface area contributed by atoms with Crippen LogP contribution in [0.25, 0.3) is 0 Å². The Morgan fingerprint density at radius 3 is 2.64 bits per heavy atom. The van der Waals surface area contributed by atoms with Crippen molar-refractivity contribution in [2.75, 3.05) is 6.54 Å². The molecule has 1 atom stereocenters. The van der Waals surface area contributed by atoms with Crippen molar-refractivity contribution in [3.63, 3.8) is 0 Å². The van der Waals surface area contributed by atoms with E-state index in [9.17, 15) is 9.59 Å². The average molecular weight is 530 g/mol. The molecule has 0 spiro atoms. The monoisotopic (exact) mass is 528 g/mol. The molecule has 1 unspecified atom stereocenters. The lowest BCUT2D eigenvalue weighted by molar-refractivity contribution is -0.120. The summed E-state index contributed by atoms with van der Waals surface area (Å²) in [5, 5.41) is 3.27. The molecule has 0 saturated carbocycles. The number of hydrogen-bond acceptors (Lipinski definition) is 5. The zero-order valence-corrected chi connectivity index (χ0v) is 21.6. The van der Waals surface area contributed by atoms with Gasteiger partial charge >= 0.3 is 0 Å². The van der Waals surface area contributed by atoms with Crippen LogP contribution in [-0.4, -0.2) is 32.2 Å². The van der Waals surface area contributed by atoms with Crippen molar-refractivity contribution in [1.29, 1.82) is 0 Å². The van der Waals surface area contributed by atoms with Crippen molar-refractivity contribution in [1.82, 2.24) is 19.9 Å². The van der Waals surface area contributed by atoms with Crippen LogP contribution in [0.15, 0.2) is 63.1 Å². The number of pyridine rings is 1. The fourth-order valence-corrected chi connectivity index (χ4v) is 4.95. The van der Waals surface area contributed by atoms with Crippen molar-refractivity contribution in [3.8, 4) is 0 Å². The first-order chi connectivity index (χ1) is 15.9. The van der Waals surface area contributed by atoms with Crippen molar-refractivity contribution >= 4 is 33.6 Å². The summed E-state index contributed by atoms with van der Waals surface area (Å²) >= 11 is 4.80. The highest BCUT2D eigenvalue weighted by atomic mass is 79.9. The molecular formula is C25H29BrN4O2S. The first-order valence-corrected chi connectivity index (χ1v) is 12.7. The van der Waals surface area contributed by atoms with Gasteiger partial charge in [-0.3, -0.25) is 19.1 Å². The summed E-state index contributed by atoms with van der Waals surface area (Å²) in [6.45, 7) is 4.43. The van der Waals surface area contributed by atoms with E-state index in [0.717, 1.165) is 22.2 Å². The number of aromatic nitrogens is 3. The van der Waals surface area contributed by atoms with Gasteiger partial charge in [0.1, 0.15) is 0 Å². The van der Waals surface area contributed by atoms with Gasteiger partial charge in [-0.25, -0.2) is 4.98 Å². The molecule has 2 aromatic heterocycles. The number of rotatable bonds is 10. The van der Waals surface area contributed by atoms with Crippen molar-refractivity contribution in [3.05, 3.63) is 86.0 Å². The lowest BCUT2D eigenvalue weighted by Crippen LogP contribution is -2.35. The van der Waals surface area contributed by atoms with Gasteiger partial charge in [-0.05, 0) is 43.2 Å². The standard InChI is InChI=1S/C25H29BrN4O2S/c1-4-7-22(23(31)28-15-13-20-8-5-6-14-27-20)33-25-29-17(2)21(24(32)30(25)3)16-18-9-11-19(26)12-10-18/h5-6,8-12,14,22H,4,7,13,15-16H2,1-3H3,(H,28,31). The number of halogens is 1. The van der Waals surface area contributed by atoms with Crippen molar-refractivity contribution < 1.29 is 4.79 Å². The van der Waals surface area contributed by atoms with Crippen LogP contribution in [-0.2, 0) is 24.7 Å². The molecule has 0 aliphatic rings. The van der Waals surface area contributed by atoms with E-state index >= 15 is 0 Å². The average Bonchev–Trinajstić information content (AvgIpc) is 2.81. The van der Waals surface area contributed by atoms with Gasteiger partial charge in [0.15, 0.2) is 5.16 Å². The van der Waals surface area contributed by atoms with Crippen LogP contribution in [0.1, 0.15) is 42.3 Å². The highest BCUT2D eigenvalue weighted by Gasteiger charge is 2.22. The summed E-state index contributed by atoms with van der Waals surface area (Å²) in [5.74, 6) is -0.0383. The molecular weight excluding hydrogens is 500 g/mol. The van der Waals surface area contributed by atoms with Gasteiger partial charge in [-0.1, -0.05) is 59.2 Å². The van der Waals surface area contributed by atoms with Gasteiger partial charge in [0, 0.05) is 54.1 Å². The lowest BCUT2D eigenvalue weighted by atomic mass is 10.1. The molecule has 1 amide bonds. The van der Waals surface area contributed by atoms with E-state index in [4.69, 9.17) is 4.98 Å². The summed E-state index contributed by atoms with van der Waals surface area (Å²) in [6, 6.07) is 13.7. The Morgan fingerprint density at radius 1 is 1.21 bits per heavy atom. The van der Waals surface area contributed by atoms with Gasteiger partial charge in [0.05, 0.1) is 5.25 Å². The fraction of sp³-hybridized carbons (Fsp3) is 0.360. The second kappa shape index (κ2) is 12.1. The third-order valence-electron chi connectivity index (χ3n) is 5.34. The maximum Gasteiger partial charge on any atom is 0.257 e. The van der Waals surface area contributed by atoms with E-state index in [0.29, 0.717) is 42.2 Å². The molecule has 8 heteroatoms. The predicted octanol–water partition coefficient (Wildman–Crippen LogP) is 4.46. The van der Waals surface area contributed by atoms with Crippen LogP contribution in [0.5, 0.6) is 0 Å². The molecule has 2 heterocycles. The maximum atomic E-state index is 13.1. The quantitative estimate of drug-likeness (QED) is 0.310. The Bertz CT molecular complexity index is 1130. The van der Waals surface area contributed by atoms with Crippen molar-refractivity contribution in [2.45, 2.75) is 49.9 Å². The zero-order chi connectivity index (χ0) is 23.8. The minimum absolute atomic E-state index is 0.0383. The SMILES string of the molecule is CCCC(Sc1nc(C)c(Cc2ccc(Br)cc2)c(=O)n1C)C(=O)NCCc1ccccn1. The van der Waals surface area contributed by atoms with Gasteiger partial charge < -0.3 is 5.32 Å². The van der Waals surface area contributed by atoms with Crippen LogP contribution >= 0.6 is 27.7 Å². The predicted molar refractivity (Wildman–Crippen MR) is 137 cm³/mol. The van der Waals surface area contributed by atoms with E-state index in [1.54, 1.807) is 17.8 Å². The number of carbonyl (C=O) groups is 1. The summed E-state index contributed by atoms with van der Waals surface area (Å²) in [6.07, 6.45) is 4.52. The Balaban J connectivity index is 1.71. The molecule has 1 N–H and O–H groups in total. The van der Waals surface area contributed by atoms with Gasteiger partial charge in [-0.15, -0.1) is 0 Å². The molecule has 0 saturated heterocycles. The summed E-state index contributed by atoms with van der Waals surface area (Å²) in [7, 11) is 1.73. The van der Waals surface area contributed by atoms with Crippen LogP contribution in [0.3, 0.4) is 0 Å². The molecule has 0 aliphatic carbocycles. The third kappa shape index (κ3) is 7.01. The molecule has 3 aromatic rings. The molecule has 1 aromatic carbocycles. The first kappa shape index (κ1) is 25.2. The normalized spacial score (nSPS) is 11.9. The number of carbonyl (C=O) groups excluding carboxylic acids is 1. The number of benzene rings is 1. The first-order valence-electron chi connectivity index (χ1n) is 11.0. The maximum absolute atomic E-state index is 13.1. The van der Waals surface area contributed by atoms with E-state index in [2.05, 4.69) is 26.2 Å². The van der Waals surface area contributed by atoms with Crippen molar-refractivity contribution in [2.24, 2.45) is 7.05 Å². The molecule has 33 heavy (non-hydrogen) atoms. The second-order valence-corrected chi connectivity index (χ2v) is 9.97. The van der Waals surface area contributed by atoms with E-state index < -0.39 is 0 Å². The molecule has 6 nitrogen and oxygen atoms in total. The smallest absolute Gasteiger partial charge is 0.257 e. The minimum atomic E-state index is -0.312. The number of thioether (sulfide) groups is 1. The highest BCUT2D eigenvalue weighted by molar-refractivity contribution is 9.10. The minimum Gasteiger partial charge on any atom is -0.355 e. The topological polar surface area (TPSA) is 76.9 Å². The molecule has 0 bridgehead atoms. The fourth-order valence-electron chi connectivity index (χ4n) is 3.45. The zero-order valence-electron chi connectivity index (χ0n) is 19.2. The Morgan fingerprint density at radius 2 is 1.97 bits per heavy atom. The third-order valence-corrected chi connectivity index (χ3v) is 7.18.